The van der Waals surface area contributed by atoms with Gasteiger partial charge in [0.1, 0.15) is 0 Å². The van der Waals surface area contributed by atoms with Crippen LogP contribution in [0.25, 0.3) is 0 Å². The second-order valence-corrected chi connectivity index (χ2v) is 5.02. The Balaban J connectivity index is 1.78. The molecule has 3 heteroatoms. The number of carbonyl (C=O) groups is 1. The van der Waals surface area contributed by atoms with Crippen LogP contribution in [0.15, 0.2) is 0 Å². The lowest BCUT2D eigenvalue weighted by Gasteiger charge is -2.35. The van der Waals surface area contributed by atoms with Gasteiger partial charge in [-0.25, -0.2) is 0 Å². The van der Waals surface area contributed by atoms with E-state index in [1.165, 1.54) is 45.2 Å². The van der Waals surface area contributed by atoms with E-state index in [1.807, 2.05) is 0 Å². The predicted octanol–water partition coefficient (Wildman–Crippen LogP) is 2.12. The first-order valence-corrected chi connectivity index (χ1v) is 6.21. The van der Waals surface area contributed by atoms with Crippen LogP contribution in [-0.2, 0) is 4.79 Å². The summed E-state index contributed by atoms with van der Waals surface area (Å²) in [6.07, 6.45) is 7.76. The number of hydrogen-bond acceptors (Lipinski definition) is 2. The van der Waals surface area contributed by atoms with Crippen LogP contribution < -0.4 is 0 Å². The van der Waals surface area contributed by atoms with Crippen LogP contribution in [-0.4, -0.2) is 35.1 Å². The van der Waals surface area contributed by atoms with Crippen LogP contribution in [0.1, 0.15) is 44.9 Å². The maximum atomic E-state index is 10.6. The Morgan fingerprint density at radius 2 is 2.07 bits per heavy atom. The Hall–Kier alpha value is -0.570. The molecule has 0 aromatic heterocycles. The summed E-state index contributed by atoms with van der Waals surface area (Å²) < 4.78 is 0. The van der Waals surface area contributed by atoms with Crippen molar-refractivity contribution in [2.45, 2.75) is 51.0 Å². The first kappa shape index (κ1) is 10.9. The number of rotatable bonds is 5. The summed E-state index contributed by atoms with van der Waals surface area (Å²) in [6.45, 7) is 2.42. The standard InChI is InChI=1S/C12H21NO2/c14-12(15)7-6-11-3-1-2-8-13(11)9-10-4-5-10/h10-11H,1-9H2,(H,14,15). The SMILES string of the molecule is O=C(O)CCC1CCCCN1CC1CC1. The average molecular weight is 211 g/mol. The van der Waals surface area contributed by atoms with E-state index in [4.69, 9.17) is 5.11 Å². The van der Waals surface area contributed by atoms with Crippen molar-refractivity contribution in [3.8, 4) is 0 Å². The van der Waals surface area contributed by atoms with E-state index in [1.54, 1.807) is 0 Å². The summed E-state index contributed by atoms with van der Waals surface area (Å²) in [7, 11) is 0. The topological polar surface area (TPSA) is 40.5 Å². The van der Waals surface area contributed by atoms with Crippen molar-refractivity contribution >= 4 is 5.97 Å². The van der Waals surface area contributed by atoms with Crippen LogP contribution >= 0.6 is 0 Å². The van der Waals surface area contributed by atoms with Gasteiger partial charge in [0.2, 0.25) is 0 Å². The van der Waals surface area contributed by atoms with E-state index in [0.29, 0.717) is 12.5 Å². The highest BCUT2D eigenvalue weighted by Gasteiger charge is 2.29. The third-order valence-electron chi connectivity index (χ3n) is 3.63. The molecule has 1 unspecified atom stereocenters. The highest BCUT2D eigenvalue weighted by atomic mass is 16.4. The summed E-state index contributed by atoms with van der Waals surface area (Å²) in [4.78, 5) is 13.1. The number of hydrogen-bond donors (Lipinski definition) is 1. The maximum absolute atomic E-state index is 10.6. The third kappa shape index (κ3) is 3.49. The van der Waals surface area contributed by atoms with E-state index in [0.717, 1.165) is 12.3 Å². The van der Waals surface area contributed by atoms with Crippen molar-refractivity contribution < 1.29 is 9.90 Å². The second kappa shape index (κ2) is 4.97. The molecule has 2 rings (SSSR count). The number of carboxylic acid groups (broad SMARTS) is 1. The van der Waals surface area contributed by atoms with Gasteiger partial charge in [0.05, 0.1) is 0 Å². The van der Waals surface area contributed by atoms with Gasteiger partial charge in [0.15, 0.2) is 0 Å². The van der Waals surface area contributed by atoms with Gasteiger partial charge in [-0.1, -0.05) is 6.42 Å². The highest BCUT2D eigenvalue weighted by Crippen LogP contribution is 2.32. The Labute approximate surface area is 91.5 Å². The van der Waals surface area contributed by atoms with Gasteiger partial charge in [-0.15, -0.1) is 0 Å². The molecule has 1 saturated heterocycles. The largest absolute Gasteiger partial charge is 0.481 e. The fraction of sp³-hybridized carbons (Fsp3) is 0.917. The molecule has 0 radical (unpaired) electrons. The molecule has 1 atom stereocenters. The molecule has 0 amide bonds. The fourth-order valence-electron chi connectivity index (χ4n) is 2.55. The minimum absolute atomic E-state index is 0.339. The average Bonchev–Trinajstić information content (AvgIpc) is 3.00. The summed E-state index contributed by atoms with van der Waals surface area (Å²) >= 11 is 0. The maximum Gasteiger partial charge on any atom is 0.303 e. The molecule has 1 saturated carbocycles. The quantitative estimate of drug-likeness (QED) is 0.757. The molecule has 1 aliphatic carbocycles. The van der Waals surface area contributed by atoms with Crippen LogP contribution in [0.5, 0.6) is 0 Å². The minimum Gasteiger partial charge on any atom is -0.481 e. The van der Waals surface area contributed by atoms with Crippen LogP contribution in [0.2, 0.25) is 0 Å². The lowest BCUT2D eigenvalue weighted by Crippen LogP contribution is -2.40. The van der Waals surface area contributed by atoms with E-state index >= 15 is 0 Å². The van der Waals surface area contributed by atoms with E-state index in [2.05, 4.69) is 4.90 Å². The summed E-state index contributed by atoms with van der Waals surface area (Å²) in [6, 6.07) is 0.551. The van der Waals surface area contributed by atoms with Crippen molar-refractivity contribution in [2.75, 3.05) is 13.1 Å². The van der Waals surface area contributed by atoms with E-state index in [-0.39, 0.29) is 0 Å². The highest BCUT2D eigenvalue weighted by molar-refractivity contribution is 5.66. The predicted molar refractivity (Wildman–Crippen MR) is 58.8 cm³/mol. The van der Waals surface area contributed by atoms with E-state index in [9.17, 15) is 4.79 Å². The molecule has 2 aliphatic rings. The van der Waals surface area contributed by atoms with Crippen LogP contribution in [0.4, 0.5) is 0 Å². The molecule has 1 N–H and O–H groups in total. The van der Waals surface area contributed by atoms with Crippen LogP contribution in [0, 0.1) is 5.92 Å². The molecule has 0 aromatic carbocycles. The second-order valence-electron chi connectivity index (χ2n) is 5.02. The molecular weight excluding hydrogens is 190 g/mol. The molecular formula is C12H21NO2. The monoisotopic (exact) mass is 211 g/mol. The van der Waals surface area contributed by atoms with Gasteiger partial charge in [-0.05, 0) is 44.6 Å². The van der Waals surface area contributed by atoms with E-state index < -0.39 is 5.97 Å². The lowest BCUT2D eigenvalue weighted by atomic mass is 9.97. The molecule has 0 spiro atoms. The Morgan fingerprint density at radius 3 is 2.73 bits per heavy atom. The van der Waals surface area contributed by atoms with Gasteiger partial charge < -0.3 is 10.0 Å². The summed E-state index contributed by atoms with van der Waals surface area (Å²) in [5.41, 5.74) is 0. The molecule has 15 heavy (non-hydrogen) atoms. The fourth-order valence-corrected chi connectivity index (χ4v) is 2.55. The molecule has 3 nitrogen and oxygen atoms in total. The zero-order valence-electron chi connectivity index (χ0n) is 9.32. The Kier molecular flexibility index (Phi) is 3.62. The number of piperidine rings is 1. The number of nitrogens with zero attached hydrogens (tertiary/aromatic N) is 1. The lowest BCUT2D eigenvalue weighted by molar-refractivity contribution is -0.137. The minimum atomic E-state index is -0.646. The van der Waals surface area contributed by atoms with Gasteiger partial charge in [0, 0.05) is 19.0 Å². The van der Waals surface area contributed by atoms with Crippen LogP contribution in [0.3, 0.4) is 0 Å². The van der Waals surface area contributed by atoms with Crippen molar-refractivity contribution in [3.05, 3.63) is 0 Å². The first-order chi connectivity index (χ1) is 7.25. The summed E-state index contributed by atoms with van der Waals surface area (Å²) in [5, 5.41) is 8.71. The zero-order valence-corrected chi connectivity index (χ0v) is 9.32. The van der Waals surface area contributed by atoms with Gasteiger partial charge in [-0.3, -0.25) is 4.79 Å². The number of carboxylic acids is 1. The Morgan fingerprint density at radius 1 is 1.27 bits per heavy atom. The van der Waals surface area contributed by atoms with Gasteiger partial charge in [-0.2, -0.15) is 0 Å². The Bertz CT molecular complexity index is 226. The zero-order chi connectivity index (χ0) is 10.7. The molecule has 2 fully saturated rings. The summed E-state index contributed by atoms with van der Waals surface area (Å²) in [5.74, 6) is 0.280. The normalized spacial score (nSPS) is 27.9. The molecule has 0 aromatic rings. The third-order valence-corrected chi connectivity index (χ3v) is 3.63. The van der Waals surface area contributed by atoms with Crippen molar-refractivity contribution in [1.82, 2.24) is 4.90 Å². The van der Waals surface area contributed by atoms with Gasteiger partial charge >= 0.3 is 5.97 Å². The molecule has 86 valence electrons. The molecule has 0 bridgehead atoms. The first-order valence-electron chi connectivity index (χ1n) is 6.21. The van der Waals surface area contributed by atoms with Gasteiger partial charge in [0.25, 0.3) is 0 Å². The number of likely N-dealkylation sites (tertiary alicyclic amines) is 1. The van der Waals surface area contributed by atoms with Crippen molar-refractivity contribution in [3.63, 3.8) is 0 Å². The van der Waals surface area contributed by atoms with Crippen molar-refractivity contribution in [1.29, 1.82) is 0 Å². The molecule has 1 heterocycles. The molecule has 1 aliphatic heterocycles. The van der Waals surface area contributed by atoms with Crippen molar-refractivity contribution in [2.24, 2.45) is 5.92 Å². The smallest absolute Gasteiger partial charge is 0.303 e. The number of aliphatic carboxylic acids is 1.